The van der Waals surface area contributed by atoms with E-state index in [0.29, 0.717) is 5.92 Å². The molecule has 3 nitrogen and oxygen atoms in total. The van der Waals surface area contributed by atoms with Crippen LogP contribution >= 0.6 is 0 Å². The molecular formula is C10H23NO2. The summed E-state index contributed by atoms with van der Waals surface area (Å²) in [5, 5.41) is 9.71. The van der Waals surface area contributed by atoms with Crippen molar-refractivity contribution >= 4 is 0 Å². The number of methoxy groups -OCH3 is 1. The topological polar surface area (TPSA) is 32.7 Å². The van der Waals surface area contributed by atoms with Crippen LogP contribution in [0.4, 0.5) is 0 Å². The molecule has 1 N–H and O–H groups in total. The predicted octanol–water partition coefficient (Wildman–Crippen LogP) is 0.972. The van der Waals surface area contributed by atoms with Crippen LogP contribution in [0.1, 0.15) is 19.8 Å². The fraction of sp³-hybridized carbons (Fsp3) is 1.00. The summed E-state index contributed by atoms with van der Waals surface area (Å²) >= 11 is 0. The Hall–Kier alpha value is -0.120. The van der Waals surface area contributed by atoms with Crippen LogP contribution in [0.15, 0.2) is 0 Å². The highest BCUT2D eigenvalue weighted by Gasteiger charge is 2.13. The lowest BCUT2D eigenvalue weighted by atomic mass is 9.99. The highest BCUT2D eigenvalue weighted by Crippen LogP contribution is 2.11. The molecule has 0 aromatic carbocycles. The highest BCUT2D eigenvalue weighted by atomic mass is 16.5. The summed E-state index contributed by atoms with van der Waals surface area (Å²) in [5.74, 6) is 0.333. The van der Waals surface area contributed by atoms with E-state index in [1.54, 1.807) is 7.11 Å². The van der Waals surface area contributed by atoms with Gasteiger partial charge in [0.05, 0.1) is 6.10 Å². The second kappa shape index (κ2) is 7.30. The van der Waals surface area contributed by atoms with Crippen LogP contribution in [0.2, 0.25) is 0 Å². The van der Waals surface area contributed by atoms with Gasteiger partial charge < -0.3 is 14.7 Å². The maximum absolute atomic E-state index is 9.71. The van der Waals surface area contributed by atoms with Gasteiger partial charge in [0.15, 0.2) is 0 Å². The lowest BCUT2D eigenvalue weighted by Gasteiger charge is -2.20. The van der Waals surface area contributed by atoms with E-state index in [0.717, 1.165) is 26.0 Å². The number of rotatable bonds is 7. The average Bonchev–Trinajstić information content (AvgIpc) is 2.10. The third kappa shape index (κ3) is 6.99. The SMILES string of the molecule is COCCC(C)C(O)CCN(C)C. The fourth-order valence-electron chi connectivity index (χ4n) is 1.17. The standard InChI is InChI=1S/C10H23NO2/c1-9(6-8-13-4)10(12)5-7-11(2)3/h9-10,12H,5-8H2,1-4H3. The number of hydrogen-bond donors (Lipinski definition) is 1. The average molecular weight is 189 g/mol. The Kier molecular flexibility index (Phi) is 7.23. The molecule has 0 aromatic heterocycles. The van der Waals surface area contributed by atoms with E-state index in [-0.39, 0.29) is 6.10 Å². The number of hydrogen-bond acceptors (Lipinski definition) is 3. The second-order valence-corrected chi connectivity index (χ2v) is 3.92. The number of ether oxygens (including phenoxy) is 1. The van der Waals surface area contributed by atoms with Gasteiger partial charge in [-0.3, -0.25) is 0 Å². The summed E-state index contributed by atoms with van der Waals surface area (Å²) in [5.41, 5.74) is 0. The zero-order valence-corrected chi connectivity index (χ0v) is 9.29. The second-order valence-electron chi connectivity index (χ2n) is 3.92. The van der Waals surface area contributed by atoms with E-state index in [2.05, 4.69) is 11.8 Å². The minimum absolute atomic E-state index is 0.197. The Morgan fingerprint density at radius 2 is 1.92 bits per heavy atom. The van der Waals surface area contributed by atoms with E-state index in [1.165, 1.54) is 0 Å². The van der Waals surface area contributed by atoms with E-state index >= 15 is 0 Å². The maximum Gasteiger partial charge on any atom is 0.0578 e. The normalized spacial score (nSPS) is 16.2. The van der Waals surface area contributed by atoms with Crippen molar-refractivity contribution in [1.29, 1.82) is 0 Å². The largest absolute Gasteiger partial charge is 0.393 e. The van der Waals surface area contributed by atoms with Gasteiger partial charge in [-0.25, -0.2) is 0 Å². The maximum atomic E-state index is 9.71. The number of aliphatic hydroxyl groups is 1. The summed E-state index contributed by atoms with van der Waals surface area (Å²) < 4.78 is 4.97. The molecule has 0 amide bonds. The first kappa shape index (κ1) is 12.9. The molecule has 3 heteroatoms. The van der Waals surface area contributed by atoms with Gasteiger partial charge in [-0.2, -0.15) is 0 Å². The minimum Gasteiger partial charge on any atom is -0.393 e. The smallest absolute Gasteiger partial charge is 0.0578 e. The van der Waals surface area contributed by atoms with Gasteiger partial charge in [-0.1, -0.05) is 6.92 Å². The molecule has 0 spiro atoms. The monoisotopic (exact) mass is 189 g/mol. The summed E-state index contributed by atoms with van der Waals surface area (Å²) in [6, 6.07) is 0. The molecule has 0 heterocycles. The molecule has 0 aromatic rings. The highest BCUT2D eigenvalue weighted by molar-refractivity contribution is 4.65. The van der Waals surface area contributed by atoms with Crippen LogP contribution in [0, 0.1) is 5.92 Å². The fourth-order valence-corrected chi connectivity index (χ4v) is 1.17. The van der Waals surface area contributed by atoms with Crippen molar-refractivity contribution in [2.24, 2.45) is 5.92 Å². The van der Waals surface area contributed by atoms with Crippen molar-refractivity contribution < 1.29 is 9.84 Å². The molecule has 0 rings (SSSR count). The van der Waals surface area contributed by atoms with Gasteiger partial charge in [0.1, 0.15) is 0 Å². The zero-order valence-electron chi connectivity index (χ0n) is 9.29. The van der Waals surface area contributed by atoms with Crippen LogP contribution in [-0.4, -0.2) is 50.5 Å². The molecule has 0 saturated heterocycles. The van der Waals surface area contributed by atoms with Crippen LogP contribution in [-0.2, 0) is 4.74 Å². The van der Waals surface area contributed by atoms with Crippen molar-refractivity contribution in [3.05, 3.63) is 0 Å². The molecule has 2 unspecified atom stereocenters. The third-order valence-electron chi connectivity index (χ3n) is 2.31. The minimum atomic E-state index is -0.197. The Labute approximate surface area is 81.7 Å². The van der Waals surface area contributed by atoms with Crippen LogP contribution in [0.5, 0.6) is 0 Å². The molecule has 0 fully saturated rings. The van der Waals surface area contributed by atoms with Crippen molar-refractivity contribution in [1.82, 2.24) is 4.90 Å². The van der Waals surface area contributed by atoms with Gasteiger partial charge in [0.25, 0.3) is 0 Å². The van der Waals surface area contributed by atoms with Crippen molar-refractivity contribution in [3.8, 4) is 0 Å². The van der Waals surface area contributed by atoms with Gasteiger partial charge >= 0.3 is 0 Å². The van der Waals surface area contributed by atoms with E-state index in [1.807, 2.05) is 14.1 Å². The first-order valence-electron chi connectivity index (χ1n) is 4.89. The summed E-state index contributed by atoms with van der Waals surface area (Å²) in [6.45, 7) is 3.75. The Balaban J connectivity index is 3.50. The van der Waals surface area contributed by atoms with Gasteiger partial charge in [-0.15, -0.1) is 0 Å². The summed E-state index contributed by atoms with van der Waals surface area (Å²) in [4.78, 5) is 2.09. The molecular weight excluding hydrogens is 166 g/mol. The van der Waals surface area contributed by atoms with Crippen LogP contribution in [0.3, 0.4) is 0 Å². The quantitative estimate of drug-likeness (QED) is 0.648. The Morgan fingerprint density at radius 3 is 2.38 bits per heavy atom. The van der Waals surface area contributed by atoms with Gasteiger partial charge in [0, 0.05) is 13.7 Å². The Bertz CT molecular complexity index is 117. The molecule has 2 atom stereocenters. The van der Waals surface area contributed by atoms with E-state index in [9.17, 15) is 5.11 Å². The zero-order chi connectivity index (χ0) is 10.3. The summed E-state index contributed by atoms with van der Waals surface area (Å²) in [7, 11) is 5.73. The Morgan fingerprint density at radius 1 is 1.31 bits per heavy atom. The molecule has 0 bridgehead atoms. The van der Waals surface area contributed by atoms with E-state index < -0.39 is 0 Å². The lowest BCUT2D eigenvalue weighted by Crippen LogP contribution is -2.25. The molecule has 13 heavy (non-hydrogen) atoms. The summed E-state index contributed by atoms with van der Waals surface area (Å²) in [6.07, 6.45) is 1.58. The van der Waals surface area contributed by atoms with Gasteiger partial charge in [0.2, 0.25) is 0 Å². The van der Waals surface area contributed by atoms with Crippen LogP contribution < -0.4 is 0 Å². The van der Waals surface area contributed by atoms with Crippen LogP contribution in [0.25, 0.3) is 0 Å². The first-order valence-corrected chi connectivity index (χ1v) is 4.89. The first-order chi connectivity index (χ1) is 6.07. The molecule has 0 aliphatic rings. The van der Waals surface area contributed by atoms with Crippen molar-refractivity contribution in [2.45, 2.75) is 25.9 Å². The lowest BCUT2D eigenvalue weighted by molar-refractivity contribution is 0.0761. The number of aliphatic hydroxyl groups excluding tert-OH is 1. The van der Waals surface area contributed by atoms with E-state index in [4.69, 9.17) is 4.74 Å². The molecule has 0 saturated carbocycles. The number of nitrogens with zero attached hydrogens (tertiary/aromatic N) is 1. The molecule has 0 aliphatic carbocycles. The van der Waals surface area contributed by atoms with Crippen molar-refractivity contribution in [3.63, 3.8) is 0 Å². The molecule has 0 radical (unpaired) electrons. The third-order valence-corrected chi connectivity index (χ3v) is 2.31. The predicted molar refractivity (Wildman–Crippen MR) is 54.8 cm³/mol. The van der Waals surface area contributed by atoms with Gasteiger partial charge in [-0.05, 0) is 39.4 Å². The molecule has 80 valence electrons. The van der Waals surface area contributed by atoms with Crippen molar-refractivity contribution in [2.75, 3.05) is 34.4 Å². The molecule has 0 aliphatic heterocycles.